The molecule has 2 heterocycles. The van der Waals surface area contributed by atoms with Gasteiger partial charge >= 0.3 is 0 Å². The molecule has 1 amide bonds. The quantitative estimate of drug-likeness (QED) is 0.836. The number of ether oxygens (including phenoxy) is 1. The maximum Gasteiger partial charge on any atom is 0.254 e. The van der Waals surface area contributed by atoms with E-state index in [4.69, 9.17) is 16.3 Å². The predicted octanol–water partition coefficient (Wildman–Crippen LogP) is 3.39. The number of aryl methyl sites for hydroxylation is 1. The van der Waals surface area contributed by atoms with E-state index in [1.54, 1.807) is 4.68 Å². The summed E-state index contributed by atoms with van der Waals surface area (Å²) in [6.07, 6.45) is 0.0706. The number of hydrogen-bond acceptors (Lipinski definition) is 3. The summed E-state index contributed by atoms with van der Waals surface area (Å²) < 4.78 is 7.39. The molecule has 0 spiro atoms. The molecule has 2 unspecified atom stereocenters. The molecule has 5 nitrogen and oxygen atoms in total. The fraction of sp³-hybridized carbons (Fsp3) is 0.444. The Labute approximate surface area is 147 Å². The minimum atomic E-state index is 0.0376. The number of hydrogen-bond donors (Lipinski definition) is 0. The molecule has 1 saturated heterocycles. The van der Waals surface area contributed by atoms with Crippen molar-refractivity contribution in [2.45, 2.75) is 39.8 Å². The van der Waals surface area contributed by atoms with E-state index in [1.807, 2.05) is 56.9 Å². The normalized spacial score (nSPS) is 21.1. The predicted molar refractivity (Wildman–Crippen MR) is 94.0 cm³/mol. The van der Waals surface area contributed by atoms with Crippen molar-refractivity contribution < 1.29 is 9.53 Å². The smallest absolute Gasteiger partial charge is 0.254 e. The molecule has 0 saturated carbocycles. The molecule has 1 fully saturated rings. The standard InChI is InChI=1S/C18H22ClN3O2/c1-11-10-24-12(2)9-21(11)18(23)15-5-7-16(8-6-15)22-14(4)17(19)13(3)20-22/h5-8,11-12H,9-10H2,1-4H3. The third kappa shape index (κ3) is 3.06. The molecular formula is C18H22ClN3O2. The number of carbonyl (C=O) groups is 1. The third-order valence-electron chi connectivity index (χ3n) is 4.43. The third-order valence-corrected chi connectivity index (χ3v) is 4.98. The summed E-state index contributed by atoms with van der Waals surface area (Å²) in [7, 11) is 0. The molecule has 1 aromatic carbocycles. The van der Waals surface area contributed by atoms with E-state index in [2.05, 4.69) is 5.10 Å². The van der Waals surface area contributed by atoms with Crippen molar-refractivity contribution >= 4 is 17.5 Å². The molecule has 6 heteroatoms. The Hall–Kier alpha value is -1.85. The number of amides is 1. The van der Waals surface area contributed by atoms with Gasteiger partial charge in [-0.2, -0.15) is 5.10 Å². The van der Waals surface area contributed by atoms with Gasteiger partial charge in [0.1, 0.15) is 0 Å². The molecule has 2 atom stereocenters. The maximum absolute atomic E-state index is 12.8. The maximum atomic E-state index is 12.8. The first-order chi connectivity index (χ1) is 11.4. The van der Waals surface area contributed by atoms with Crippen LogP contribution in [0.25, 0.3) is 5.69 Å². The topological polar surface area (TPSA) is 47.4 Å². The van der Waals surface area contributed by atoms with Crippen LogP contribution in [0.1, 0.15) is 35.6 Å². The van der Waals surface area contributed by atoms with Crippen molar-refractivity contribution in [3.63, 3.8) is 0 Å². The molecule has 2 aromatic rings. The summed E-state index contributed by atoms with van der Waals surface area (Å²) in [6, 6.07) is 7.57. The largest absolute Gasteiger partial charge is 0.375 e. The highest BCUT2D eigenvalue weighted by Crippen LogP contribution is 2.23. The number of benzene rings is 1. The van der Waals surface area contributed by atoms with Gasteiger partial charge in [-0.15, -0.1) is 0 Å². The number of nitrogens with zero attached hydrogens (tertiary/aromatic N) is 3. The van der Waals surface area contributed by atoms with Gasteiger partial charge in [-0.05, 0) is 52.0 Å². The summed E-state index contributed by atoms with van der Waals surface area (Å²) in [4.78, 5) is 14.6. The summed E-state index contributed by atoms with van der Waals surface area (Å²) >= 11 is 6.21. The van der Waals surface area contributed by atoms with Gasteiger partial charge in [0.05, 0.1) is 40.9 Å². The van der Waals surface area contributed by atoms with E-state index in [9.17, 15) is 4.79 Å². The Morgan fingerprint density at radius 2 is 1.92 bits per heavy atom. The second-order valence-corrected chi connectivity index (χ2v) is 6.77. The Morgan fingerprint density at radius 1 is 1.25 bits per heavy atom. The van der Waals surface area contributed by atoms with Gasteiger partial charge in [0.2, 0.25) is 0 Å². The van der Waals surface area contributed by atoms with Gasteiger partial charge in [-0.1, -0.05) is 11.6 Å². The van der Waals surface area contributed by atoms with Crippen molar-refractivity contribution in [3.8, 4) is 5.69 Å². The summed E-state index contributed by atoms with van der Waals surface area (Å²) in [5, 5.41) is 5.11. The van der Waals surface area contributed by atoms with Gasteiger partial charge in [0.25, 0.3) is 5.91 Å². The SMILES string of the molecule is Cc1nn(-c2ccc(C(=O)N3CC(C)OCC3C)cc2)c(C)c1Cl. The lowest BCUT2D eigenvalue weighted by Gasteiger charge is -2.36. The molecule has 1 aliphatic heterocycles. The van der Waals surface area contributed by atoms with Crippen LogP contribution in [0.15, 0.2) is 24.3 Å². The minimum Gasteiger partial charge on any atom is -0.375 e. The second-order valence-electron chi connectivity index (χ2n) is 6.39. The number of carbonyl (C=O) groups excluding carboxylic acids is 1. The van der Waals surface area contributed by atoms with E-state index >= 15 is 0 Å². The van der Waals surface area contributed by atoms with Crippen molar-refractivity contribution in [1.29, 1.82) is 0 Å². The van der Waals surface area contributed by atoms with E-state index in [-0.39, 0.29) is 18.1 Å². The van der Waals surface area contributed by atoms with Crippen molar-refractivity contribution in [2.24, 2.45) is 0 Å². The highest BCUT2D eigenvalue weighted by molar-refractivity contribution is 6.31. The van der Waals surface area contributed by atoms with Crippen LogP contribution >= 0.6 is 11.6 Å². The van der Waals surface area contributed by atoms with Crippen LogP contribution in [0, 0.1) is 13.8 Å². The molecule has 0 radical (unpaired) electrons. The number of halogens is 1. The summed E-state index contributed by atoms with van der Waals surface area (Å²) in [5.41, 5.74) is 3.25. The summed E-state index contributed by atoms with van der Waals surface area (Å²) in [5.74, 6) is 0.0376. The van der Waals surface area contributed by atoms with Crippen LogP contribution in [-0.2, 0) is 4.74 Å². The van der Waals surface area contributed by atoms with Crippen molar-refractivity contribution in [2.75, 3.05) is 13.2 Å². The lowest BCUT2D eigenvalue weighted by Crippen LogP contribution is -2.50. The van der Waals surface area contributed by atoms with Crippen LogP contribution < -0.4 is 0 Å². The second kappa shape index (κ2) is 6.57. The Kier molecular flexibility index (Phi) is 4.65. The van der Waals surface area contributed by atoms with Crippen LogP contribution in [0.3, 0.4) is 0 Å². The molecule has 128 valence electrons. The monoisotopic (exact) mass is 347 g/mol. The zero-order valence-corrected chi connectivity index (χ0v) is 15.2. The first-order valence-electron chi connectivity index (χ1n) is 8.13. The lowest BCUT2D eigenvalue weighted by molar-refractivity contribution is -0.0387. The van der Waals surface area contributed by atoms with E-state index in [0.29, 0.717) is 23.7 Å². The fourth-order valence-corrected chi connectivity index (χ4v) is 3.09. The van der Waals surface area contributed by atoms with Crippen molar-refractivity contribution in [3.05, 3.63) is 46.2 Å². The van der Waals surface area contributed by atoms with Gasteiger partial charge < -0.3 is 9.64 Å². The molecule has 3 rings (SSSR count). The summed E-state index contributed by atoms with van der Waals surface area (Å²) in [6.45, 7) is 9.00. The fourth-order valence-electron chi connectivity index (χ4n) is 2.97. The molecule has 0 bridgehead atoms. The van der Waals surface area contributed by atoms with Gasteiger partial charge in [0.15, 0.2) is 0 Å². The molecule has 1 aliphatic rings. The number of aromatic nitrogens is 2. The Balaban J connectivity index is 1.84. The van der Waals surface area contributed by atoms with Gasteiger partial charge in [-0.25, -0.2) is 4.68 Å². The molecular weight excluding hydrogens is 326 g/mol. The van der Waals surface area contributed by atoms with Crippen LogP contribution in [0.5, 0.6) is 0 Å². The van der Waals surface area contributed by atoms with Crippen LogP contribution in [-0.4, -0.2) is 45.9 Å². The number of rotatable bonds is 2. The van der Waals surface area contributed by atoms with Gasteiger partial charge in [0, 0.05) is 12.1 Å². The highest BCUT2D eigenvalue weighted by atomic mass is 35.5. The molecule has 1 aromatic heterocycles. The first-order valence-corrected chi connectivity index (χ1v) is 8.51. The van der Waals surface area contributed by atoms with E-state index in [1.165, 1.54) is 0 Å². The van der Waals surface area contributed by atoms with Crippen LogP contribution in [0.4, 0.5) is 0 Å². The zero-order valence-electron chi connectivity index (χ0n) is 14.4. The van der Waals surface area contributed by atoms with Crippen molar-refractivity contribution in [1.82, 2.24) is 14.7 Å². The Bertz CT molecular complexity index is 754. The van der Waals surface area contributed by atoms with E-state index in [0.717, 1.165) is 17.1 Å². The average molecular weight is 348 g/mol. The number of morpholine rings is 1. The molecule has 0 N–H and O–H groups in total. The lowest BCUT2D eigenvalue weighted by atomic mass is 10.1. The molecule has 24 heavy (non-hydrogen) atoms. The highest BCUT2D eigenvalue weighted by Gasteiger charge is 2.28. The zero-order chi connectivity index (χ0) is 17.4. The minimum absolute atomic E-state index is 0.0376. The first kappa shape index (κ1) is 17.0. The molecule has 0 aliphatic carbocycles. The average Bonchev–Trinajstić information content (AvgIpc) is 2.84. The van der Waals surface area contributed by atoms with Gasteiger partial charge in [-0.3, -0.25) is 4.79 Å². The Morgan fingerprint density at radius 3 is 2.50 bits per heavy atom. The van der Waals surface area contributed by atoms with E-state index < -0.39 is 0 Å². The van der Waals surface area contributed by atoms with Crippen LogP contribution in [0.2, 0.25) is 5.02 Å².